The molecule has 0 heterocycles. The Bertz CT molecular complexity index is 578. The number of aliphatic hydroxyl groups is 1. The highest BCUT2D eigenvalue weighted by molar-refractivity contribution is 6.30. The molecule has 19 heavy (non-hydrogen) atoms. The maximum absolute atomic E-state index is 9.99. The molecule has 0 amide bonds. The lowest BCUT2D eigenvalue weighted by Crippen LogP contribution is -1.95. The van der Waals surface area contributed by atoms with E-state index in [1.165, 1.54) is 0 Å². The molecule has 1 N–H and O–H groups in total. The number of hydrogen-bond acceptors (Lipinski definition) is 1. The lowest BCUT2D eigenvalue weighted by Gasteiger charge is -2.06. The first-order valence-electron chi connectivity index (χ1n) is 6.16. The van der Waals surface area contributed by atoms with E-state index in [1.807, 2.05) is 37.3 Å². The number of rotatable bonds is 2. The van der Waals surface area contributed by atoms with E-state index in [2.05, 4.69) is 11.8 Å². The fraction of sp³-hybridized carbons (Fsp3) is 0.176. The summed E-state index contributed by atoms with van der Waals surface area (Å²) in [5, 5.41) is 10.6. The van der Waals surface area contributed by atoms with Crippen molar-refractivity contribution in [3.05, 3.63) is 70.7 Å². The van der Waals surface area contributed by atoms with Gasteiger partial charge < -0.3 is 5.11 Å². The van der Waals surface area contributed by atoms with E-state index in [0.717, 1.165) is 11.1 Å². The summed E-state index contributed by atoms with van der Waals surface area (Å²) in [6, 6.07) is 17.1. The quantitative estimate of drug-likeness (QED) is 0.812. The summed E-state index contributed by atoms with van der Waals surface area (Å²) in [4.78, 5) is 0. The first kappa shape index (κ1) is 13.7. The van der Waals surface area contributed by atoms with Crippen molar-refractivity contribution in [2.24, 2.45) is 0 Å². The fourth-order valence-electron chi connectivity index (χ4n) is 1.76. The van der Waals surface area contributed by atoms with Gasteiger partial charge in [-0.25, -0.2) is 0 Å². The molecule has 0 saturated carbocycles. The molecule has 2 unspecified atom stereocenters. The molecule has 2 aromatic carbocycles. The van der Waals surface area contributed by atoms with Crippen molar-refractivity contribution >= 4 is 11.6 Å². The van der Waals surface area contributed by atoms with Gasteiger partial charge >= 0.3 is 0 Å². The van der Waals surface area contributed by atoms with Crippen LogP contribution >= 0.6 is 11.6 Å². The van der Waals surface area contributed by atoms with Crippen molar-refractivity contribution in [3.63, 3.8) is 0 Å². The van der Waals surface area contributed by atoms with Gasteiger partial charge in [0.15, 0.2) is 0 Å². The summed E-state index contributed by atoms with van der Waals surface area (Å²) in [5.74, 6) is 6.06. The van der Waals surface area contributed by atoms with Crippen molar-refractivity contribution in [2.75, 3.05) is 0 Å². The smallest absolute Gasteiger partial charge is 0.140 e. The Balaban J connectivity index is 2.09. The molecule has 0 aliphatic rings. The van der Waals surface area contributed by atoms with Crippen LogP contribution in [0.25, 0.3) is 0 Å². The number of hydrogen-bond donors (Lipinski definition) is 1. The number of halogens is 1. The molecule has 0 aliphatic carbocycles. The third-order valence-electron chi connectivity index (χ3n) is 2.92. The Kier molecular flexibility index (Phi) is 4.63. The lowest BCUT2D eigenvalue weighted by atomic mass is 10.0. The third kappa shape index (κ3) is 3.86. The maximum atomic E-state index is 9.99. The standard InChI is InChI=1S/C17H15ClO/c1-13(14-5-3-2-4-6-14)7-12-17(19)15-8-10-16(18)11-9-15/h2-6,8-11,13,17,19H,1H3. The maximum Gasteiger partial charge on any atom is 0.140 e. The monoisotopic (exact) mass is 270 g/mol. The summed E-state index contributed by atoms with van der Waals surface area (Å²) in [6.45, 7) is 2.02. The van der Waals surface area contributed by atoms with Crippen LogP contribution in [0.1, 0.15) is 30.1 Å². The average Bonchev–Trinajstić information content (AvgIpc) is 2.46. The van der Waals surface area contributed by atoms with Gasteiger partial charge in [-0.05, 0) is 30.2 Å². The number of benzene rings is 2. The van der Waals surface area contributed by atoms with E-state index < -0.39 is 6.10 Å². The topological polar surface area (TPSA) is 20.2 Å². The first-order valence-corrected chi connectivity index (χ1v) is 6.54. The summed E-state index contributed by atoms with van der Waals surface area (Å²) in [7, 11) is 0. The van der Waals surface area contributed by atoms with Gasteiger partial charge in [0.05, 0.1) is 0 Å². The molecular weight excluding hydrogens is 256 g/mol. The van der Waals surface area contributed by atoms with Crippen LogP contribution in [0.15, 0.2) is 54.6 Å². The zero-order valence-electron chi connectivity index (χ0n) is 10.7. The largest absolute Gasteiger partial charge is 0.376 e. The Hall–Kier alpha value is -1.75. The molecule has 96 valence electrons. The minimum absolute atomic E-state index is 0.100. The van der Waals surface area contributed by atoms with Crippen LogP contribution in [-0.2, 0) is 0 Å². The van der Waals surface area contributed by atoms with Crippen LogP contribution in [0.2, 0.25) is 5.02 Å². The van der Waals surface area contributed by atoms with Gasteiger partial charge in [0.1, 0.15) is 6.10 Å². The van der Waals surface area contributed by atoms with Gasteiger partial charge in [0.2, 0.25) is 0 Å². The van der Waals surface area contributed by atoms with Crippen LogP contribution in [0, 0.1) is 11.8 Å². The number of aliphatic hydroxyl groups excluding tert-OH is 1. The Labute approximate surface area is 118 Å². The molecule has 0 spiro atoms. The van der Waals surface area contributed by atoms with Crippen LogP contribution in [-0.4, -0.2) is 5.11 Å². The predicted molar refractivity (Wildman–Crippen MR) is 79.0 cm³/mol. The second-order valence-corrected chi connectivity index (χ2v) is 4.81. The molecule has 0 radical (unpaired) electrons. The summed E-state index contributed by atoms with van der Waals surface area (Å²) < 4.78 is 0. The predicted octanol–water partition coefficient (Wildman–Crippen LogP) is 4.18. The first-order chi connectivity index (χ1) is 9.16. The van der Waals surface area contributed by atoms with Gasteiger partial charge in [0.25, 0.3) is 0 Å². The van der Waals surface area contributed by atoms with Gasteiger partial charge in [-0.3, -0.25) is 0 Å². The summed E-state index contributed by atoms with van der Waals surface area (Å²) in [5.41, 5.74) is 1.91. The molecule has 2 aromatic rings. The minimum Gasteiger partial charge on any atom is -0.376 e. The molecule has 2 atom stereocenters. The van der Waals surface area contributed by atoms with Gasteiger partial charge in [-0.2, -0.15) is 0 Å². The van der Waals surface area contributed by atoms with E-state index >= 15 is 0 Å². The Morgan fingerprint density at radius 2 is 1.53 bits per heavy atom. The molecular formula is C17H15ClO. The summed E-state index contributed by atoms with van der Waals surface area (Å²) >= 11 is 5.81. The van der Waals surface area contributed by atoms with E-state index in [1.54, 1.807) is 24.3 Å². The van der Waals surface area contributed by atoms with Crippen LogP contribution in [0.3, 0.4) is 0 Å². The molecule has 0 aromatic heterocycles. The minimum atomic E-state index is -0.775. The Morgan fingerprint density at radius 3 is 2.16 bits per heavy atom. The molecule has 0 fully saturated rings. The molecule has 0 aliphatic heterocycles. The molecule has 2 rings (SSSR count). The van der Waals surface area contributed by atoms with Crippen molar-refractivity contribution in [3.8, 4) is 11.8 Å². The summed E-state index contributed by atoms with van der Waals surface area (Å²) in [6.07, 6.45) is -0.775. The average molecular weight is 271 g/mol. The zero-order chi connectivity index (χ0) is 13.7. The van der Waals surface area contributed by atoms with Crippen LogP contribution < -0.4 is 0 Å². The van der Waals surface area contributed by atoms with E-state index in [0.29, 0.717) is 5.02 Å². The van der Waals surface area contributed by atoms with Crippen LogP contribution in [0.5, 0.6) is 0 Å². The van der Waals surface area contributed by atoms with Gasteiger partial charge in [-0.15, -0.1) is 0 Å². The zero-order valence-corrected chi connectivity index (χ0v) is 11.4. The highest BCUT2D eigenvalue weighted by atomic mass is 35.5. The fourth-order valence-corrected chi connectivity index (χ4v) is 1.88. The normalized spacial score (nSPS) is 13.2. The van der Waals surface area contributed by atoms with Gasteiger partial charge in [0, 0.05) is 10.9 Å². The third-order valence-corrected chi connectivity index (χ3v) is 3.17. The second-order valence-electron chi connectivity index (χ2n) is 4.38. The molecule has 0 saturated heterocycles. The van der Waals surface area contributed by atoms with Crippen molar-refractivity contribution < 1.29 is 5.11 Å². The van der Waals surface area contributed by atoms with E-state index in [-0.39, 0.29) is 5.92 Å². The van der Waals surface area contributed by atoms with E-state index in [4.69, 9.17) is 11.6 Å². The van der Waals surface area contributed by atoms with Crippen molar-refractivity contribution in [1.82, 2.24) is 0 Å². The van der Waals surface area contributed by atoms with Gasteiger partial charge in [-0.1, -0.05) is 65.9 Å². The molecule has 0 bridgehead atoms. The highest BCUT2D eigenvalue weighted by Gasteiger charge is 2.04. The van der Waals surface area contributed by atoms with Crippen molar-refractivity contribution in [2.45, 2.75) is 18.9 Å². The molecule has 2 heteroatoms. The lowest BCUT2D eigenvalue weighted by molar-refractivity contribution is 0.238. The highest BCUT2D eigenvalue weighted by Crippen LogP contribution is 2.17. The van der Waals surface area contributed by atoms with Crippen LogP contribution in [0.4, 0.5) is 0 Å². The van der Waals surface area contributed by atoms with E-state index in [9.17, 15) is 5.11 Å². The second kappa shape index (κ2) is 6.43. The van der Waals surface area contributed by atoms with Crippen molar-refractivity contribution in [1.29, 1.82) is 0 Å². The molecule has 1 nitrogen and oxygen atoms in total. The Morgan fingerprint density at radius 1 is 0.895 bits per heavy atom. The SMILES string of the molecule is CC(C#CC(O)c1ccc(Cl)cc1)c1ccccc1.